The summed E-state index contributed by atoms with van der Waals surface area (Å²) in [7, 11) is 0. The van der Waals surface area contributed by atoms with Crippen LogP contribution in [-0.2, 0) is 6.18 Å². The highest BCUT2D eigenvalue weighted by Gasteiger charge is 2.37. The first-order chi connectivity index (χ1) is 14.0. The molecule has 0 unspecified atom stereocenters. The first-order valence-electron chi connectivity index (χ1n) is 9.64. The van der Waals surface area contributed by atoms with Crippen LogP contribution in [0.4, 0.5) is 19.0 Å². The molecular formula is C20H20F3N5O. The summed E-state index contributed by atoms with van der Waals surface area (Å²) in [5, 5.41) is 3.73. The van der Waals surface area contributed by atoms with Gasteiger partial charge in [-0.2, -0.15) is 13.2 Å². The van der Waals surface area contributed by atoms with Gasteiger partial charge in [-0.25, -0.2) is 9.97 Å². The second-order valence-corrected chi connectivity index (χ2v) is 7.45. The Bertz CT molecular complexity index is 1030. The number of hydrogen-bond donors (Lipinski definition) is 2. The van der Waals surface area contributed by atoms with Crippen molar-refractivity contribution in [1.82, 2.24) is 19.9 Å². The third-order valence-corrected chi connectivity index (χ3v) is 5.68. The van der Waals surface area contributed by atoms with Crippen LogP contribution >= 0.6 is 0 Å². The van der Waals surface area contributed by atoms with E-state index in [1.54, 1.807) is 0 Å². The van der Waals surface area contributed by atoms with Crippen LogP contribution in [0, 0.1) is 0 Å². The summed E-state index contributed by atoms with van der Waals surface area (Å²) in [5.41, 5.74) is 0.307. The van der Waals surface area contributed by atoms with Crippen LogP contribution in [0.2, 0.25) is 0 Å². The van der Waals surface area contributed by atoms with Gasteiger partial charge in [0.25, 0.3) is 0 Å². The number of halogens is 3. The number of hydrogen-bond acceptors (Lipinski definition) is 5. The van der Waals surface area contributed by atoms with Crippen LogP contribution in [-0.4, -0.2) is 45.6 Å². The number of rotatable bonds is 3. The predicted octanol–water partition coefficient (Wildman–Crippen LogP) is 3.99. The standard InChI is InChI=1S/C20H20F3N5O/c21-20(22,23)16-9-13-18(26-16)24-11-25-19(13)27-17-12-5-1-2-6-15(12)29-10-14(17)28-7-3-4-8-28/h1-2,5-6,9,11,14,17H,3-4,7-8,10H2,(H2,24,25,26,27)/t14-,17-/m0/s1. The van der Waals surface area contributed by atoms with Crippen molar-refractivity contribution in [3.63, 3.8) is 0 Å². The zero-order valence-corrected chi connectivity index (χ0v) is 15.5. The molecule has 0 bridgehead atoms. The minimum atomic E-state index is -4.47. The van der Waals surface area contributed by atoms with Gasteiger partial charge in [-0.3, -0.25) is 4.90 Å². The second-order valence-electron chi connectivity index (χ2n) is 7.45. The summed E-state index contributed by atoms with van der Waals surface area (Å²) in [6, 6.07) is 8.74. The minimum Gasteiger partial charge on any atom is -0.491 e. The third-order valence-electron chi connectivity index (χ3n) is 5.68. The molecule has 0 spiro atoms. The molecule has 29 heavy (non-hydrogen) atoms. The van der Waals surface area contributed by atoms with Crippen molar-refractivity contribution >= 4 is 16.9 Å². The van der Waals surface area contributed by atoms with Gasteiger partial charge in [-0.15, -0.1) is 0 Å². The number of para-hydroxylation sites is 1. The van der Waals surface area contributed by atoms with Gasteiger partial charge >= 0.3 is 6.18 Å². The van der Waals surface area contributed by atoms with E-state index < -0.39 is 11.9 Å². The SMILES string of the molecule is FC(F)(F)c1cc2c(N[C@H]3c4ccccc4OC[C@@H]3N3CCCC3)ncnc2[nH]1. The van der Waals surface area contributed by atoms with Crippen LogP contribution in [0.15, 0.2) is 36.7 Å². The number of nitrogens with one attached hydrogen (secondary N) is 2. The van der Waals surface area contributed by atoms with Crippen molar-refractivity contribution in [1.29, 1.82) is 0 Å². The maximum absolute atomic E-state index is 13.2. The van der Waals surface area contributed by atoms with Gasteiger partial charge in [0.1, 0.15) is 35.8 Å². The molecule has 0 radical (unpaired) electrons. The summed E-state index contributed by atoms with van der Waals surface area (Å²) in [5.74, 6) is 1.17. The van der Waals surface area contributed by atoms with Crippen molar-refractivity contribution < 1.29 is 17.9 Å². The highest BCUT2D eigenvalue weighted by molar-refractivity contribution is 5.88. The monoisotopic (exact) mass is 403 g/mol. The van der Waals surface area contributed by atoms with Gasteiger partial charge < -0.3 is 15.0 Å². The lowest BCUT2D eigenvalue weighted by molar-refractivity contribution is -0.140. The Morgan fingerprint density at radius 2 is 1.93 bits per heavy atom. The van der Waals surface area contributed by atoms with E-state index in [-0.39, 0.29) is 17.7 Å². The lowest BCUT2D eigenvalue weighted by Gasteiger charge is -2.39. The van der Waals surface area contributed by atoms with E-state index in [9.17, 15) is 13.2 Å². The van der Waals surface area contributed by atoms with E-state index in [1.165, 1.54) is 6.33 Å². The van der Waals surface area contributed by atoms with Gasteiger partial charge in [0.15, 0.2) is 0 Å². The summed E-state index contributed by atoms with van der Waals surface area (Å²) in [6.45, 7) is 2.48. The van der Waals surface area contributed by atoms with Crippen LogP contribution < -0.4 is 10.1 Å². The fourth-order valence-electron chi connectivity index (χ4n) is 4.27. The number of fused-ring (bicyclic) bond motifs is 2. The third kappa shape index (κ3) is 3.29. The van der Waals surface area contributed by atoms with Gasteiger partial charge in [0.2, 0.25) is 0 Å². The number of ether oxygens (including phenoxy) is 1. The van der Waals surface area contributed by atoms with Gasteiger partial charge in [0, 0.05) is 5.56 Å². The topological polar surface area (TPSA) is 66.1 Å². The summed E-state index contributed by atoms with van der Waals surface area (Å²) in [6.07, 6.45) is -0.927. The zero-order chi connectivity index (χ0) is 20.0. The van der Waals surface area contributed by atoms with E-state index in [2.05, 4.69) is 25.2 Å². The molecule has 6 nitrogen and oxygen atoms in total. The molecule has 9 heteroatoms. The van der Waals surface area contributed by atoms with Gasteiger partial charge in [0.05, 0.1) is 17.5 Å². The first-order valence-corrected chi connectivity index (χ1v) is 9.64. The highest BCUT2D eigenvalue weighted by Crippen LogP contribution is 2.39. The molecule has 152 valence electrons. The van der Waals surface area contributed by atoms with E-state index in [1.807, 2.05) is 24.3 Å². The molecule has 2 aromatic heterocycles. The quantitative estimate of drug-likeness (QED) is 0.692. The van der Waals surface area contributed by atoms with Crippen molar-refractivity contribution in [2.75, 3.05) is 25.0 Å². The molecule has 5 rings (SSSR count). The molecule has 0 saturated carbocycles. The number of aromatic nitrogens is 3. The fourth-order valence-corrected chi connectivity index (χ4v) is 4.27. The number of aromatic amines is 1. The molecule has 1 saturated heterocycles. The normalized spacial score (nSPS) is 22.4. The average Bonchev–Trinajstić information content (AvgIpc) is 3.38. The maximum Gasteiger partial charge on any atom is 0.431 e. The van der Waals surface area contributed by atoms with E-state index >= 15 is 0 Å². The van der Waals surface area contributed by atoms with Crippen molar-refractivity contribution in [3.8, 4) is 5.75 Å². The number of nitrogens with zero attached hydrogens (tertiary/aromatic N) is 3. The summed E-state index contributed by atoms with van der Waals surface area (Å²) < 4.78 is 45.5. The number of anilines is 1. The highest BCUT2D eigenvalue weighted by atomic mass is 19.4. The van der Waals surface area contributed by atoms with Crippen LogP contribution in [0.3, 0.4) is 0 Å². The summed E-state index contributed by atoms with van der Waals surface area (Å²) >= 11 is 0. The maximum atomic E-state index is 13.2. The Morgan fingerprint density at radius 1 is 1.14 bits per heavy atom. The molecule has 4 heterocycles. The minimum absolute atomic E-state index is 0.0680. The Morgan fingerprint density at radius 3 is 2.72 bits per heavy atom. The Kier molecular flexibility index (Phi) is 4.34. The summed E-state index contributed by atoms with van der Waals surface area (Å²) in [4.78, 5) is 13.0. The van der Waals surface area contributed by atoms with Gasteiger partial charge in [-0.1, -0.05) is 18.2 Å². The number of H-pyrrole nitrogens is 1. The Balaban J connectivity index is 1.55. The van der Waals surface area contributed by atoms with Crippen molar-refractivity contribution in [2.24, 2.45) is 0 Å². The zero-order valence-electron chi connectivity index (χ0n) is 15.5. The van der Waals surface area contributed by atoms with Crippen LogP contribution in [0.25, 0.3) is 11.0 Å². The van der Waals surface area contributed by atoms with Crippen molar-refractivity contribution in [3.05, 3.63) is 47.9 Å². The first kappa shape index (κ1) is 18.2. The average molecular weight is 403 g/mol. The Hall–Kier alpha value is -2.81. The fraction of sp³-hybridized carbons (Fsp3) is 0.400. The molecular weight excluding hydrogens is 383 g/mol. The number of benzene rings is 1. The predicted molar refractivity (Wildman–Crippen MR) is 102 cm³/mol. The lowest BCUT2D eigenvalue weighted by Crippen LogP contribution is -2.47. The second kappa shape index (κ2) is 6.91. The largest absolute Gasteiger partial charge is 0.491 e. The van der Waals surface area contributed by atoms with E-state index in [0.29, 0.717) is 17.8 Å². The number of likely N-dealkylation sites (tertiary alicyclic amines) is 1. The molecule has 2 aliphatic heterocycles. The molecule has 2 atom stereocenters. The van der Waals surface area contributed by atoms with Gasteiger partial charge in [-0.05, 0) is 38.1 Å². The molecule has 2 N–H and O–H groups in total. The van der Waals surface area contributed by atoms with E-state index in [0.717, 1.165) is 43.3 Å². The molecule has 1 aromatic carbocycles. The molecule has 2 aliphatic rings. The smallest absolute Gasteiger partial charge is 0.431 e. The van der Waals surface area contributed by atoms with E-state index in [4.69, 9.17) is 4.74 Å². The number of alkyl halides is 3. The molecule has 0 aliphatic carbocycles. The van der Waals surface area contributed by atoms with Crippen LogP contribution in [0.1, 0.15) is 30.1 Å². The van der Waals surface area contributed by atoms with Crippen LogP contribution in [0.5, 0.6) is 5.75 Å². The molecule has 1 fully saturated rings. The lowest BCUT2D eigenvalue weighted by atomic mass is 9.95. The van der Waals surface area contributed by atoms with Crippen molar-refractivity contribution in [2.45, 2.75) is 31.1 Å². The molecule has 0 amide bonds. The molecule has 3 aromatic rings. The Labute approximate surface area is 165 Å².